The minimum Gasteiger partial charge on any atom is -0.397 e. The Morgan fingerprint density at radius 2 is 2.04 bits per heavy atom. The highest BCUT2D eigenvalue weighted by molar-refractivity contribution is 5.93. The van der Waals surface area contributed by atoms with E-state index in [0.717, 1.165) is 51.9 Å². The van der Waals surface area contributed by atoms with Gasteiger partial charge in [-0.3, -0.25) is 0 Å². The summed E-state index contributed by atoms with van der Waals surface area (Å²) in [6.07, 6.45) is 5.73. The second kappa shape index (κ2) is 6.90. The molecule has 1 aromatic carbocycles. The Bertz CT molecular complexity index is 1020. The first-order valence-electron chi connectivity index (χ1n) is 9.08. The van der Waals surface area contributed by atoms with Crippen molar-refractivity contribution in [3.63, 3.8) is 0 Å². The third-order valence-electron chi connectivity index (χ3n) is 4.88. The van der Waals surface area contributed by atoms with Crippen LogP contribution < -0.4 is 5.73 Å². The minimum atomic E-state index is 0.713. The Labute approximate surface area is 157 Å². The normalized spacial score (nSPS) is 13.6. The predicted molar refractivity (Wildman–Crippen MR) is 103 cm³/mol. The summed E-state index contributed by atoms with van der Waals surface area (Å²) in [7, 11) is 0. The van der Waals surface area contributed by atoms with E-state index in [1.54, 1.807) is 12.3 Å². The maximum Gasteiger partial charge on any atom is 0.141 e. The first-order valence-corrected chi connectivity index (χ1v) is 9.08. The van der Waals surface area contributed by atoms with Crippen molar-refractivity contribution < 1.29 is 9.05 Å². The Morgan fingerprint density at radius 3 is 2.59 bits per heavy atom. The van der Waals surface area contributed by atoms with Gasteiger partial charge in [-0.25, -0.2) is 4.98 Å². The summed E-state index contributed by atoms with van der Waals surface area (Å²) in [5.74, 6) is 2.64. The molecule has 3 aromatic heterocycles. The molecule has 0 bridgehead atoms. The zero-order valence-electron chi connectivity index (χ0n) is 15.8. The Morgan fingerprint density at radius 1 is 1.22 bits per heavy atom. The second-order valence-electron chi connectivity index (χ2n) is 7.03. The number of benzene rings is 1. The average molecular weight is 365 g/mol. The number of aromatic nitrogens is 4. The molecule has 0 spiro atoms. The molecule has 1 fully saturated rings. The molecule has 1 aliphatic carbocycles. The molecule has 7 heteroatoms. The summed E-state index contributed by atoms with van der Waals surface area (Å²) >= 11 is 0. The van der Waals surface area contributed by atoms with Crippen molar-refractivity contribution >= 4 is 16.7 Å². The van der Waals surface area contributed by atoms with Crippen molar-refractivity contribution in [2.45, 2.75) is 40.2 Å². The van der Waals surface area contributed by atoms with Gasteiger partial charge in [0.15, 0.2) is 0 Å². The lowest BCUT2D eigenvalue weighted by atomic mass is 10.0. The van der Waals surface area contributed by atoms with Gasteiger partial charge in [-0.15, -0.1) is 0 Å². The zero-order valence-corrected chi connectivity index (χ0v) is 15.8. The molecular weight excluding hydrogens is 342 g/mol. The van der Waals surface area contributed by atoms with Gasteiger partial charge in [-0.2, -0.15) is 0 Å². The molecule has 0 amide bonds. The maximum absolute atomic E-state index is 6.27. The van der Waals surface area contributed by atoms with Crippen LogP contribution in [0.25, 0.3) is 22.2 Å². The van der Waals surface area contributed by atoms with Crippen LogP contribution in [0.4, 0.5) is 5.69 Å². The first-order chi connectivity index (χ1) is 13.0. The highest BCUT2D eigenvalue weighted by atomic mass is 16.5. The number of nitrogens with two attached hydrogens (primary N) is 1. The SMILES string of the molecule is Cc1noc(C)c1-c1cc(N)c2nc(C)n(CC3CC3)c2c1.c1cnoc1. The van der Waals surface area contributed by atoms with Gasteiger partial charge in [-0.05, 0) is 63.3 Å². The molecule has 0 unspecified atom stereocenters. The summed E-state index contributed by atoms with van der Waals surface area (Å²) in [5, 5.41) is 7.40. The lowest BCUT2D eigenvalue weighted by Crippen LogP contribution is -2.02. The van der Waals surface area contributed by atoms with E-state index < -0.39 is 0 Å². The molecule has 0 saturated heterocycles. The van der Waals surface area contributed by atoms with Gasteiger partial charge in [0.2, 0.25) is 0 Å². The van der Waals surface area contributed by atoms with Crippen molar-refractivity contribution in [3.8, 4) is 11.1 Å². The number of aryl methyl sites for hydroxylation is 3. The van der Waals surface area contributed by atoms with Crippen molar-refractivity contribution in [3.05, 3.63) is 47.9 Å². The molecule has 0 radical (unpaired) electrons. The highest BCUT2D eigenvalue weighted by Gasteiger charge is 2.24. The zero-order chi connectivity index (χ0) is 19.0. The van der Waals surface area contributed by atoms with Gasteiger partial charge in [0.25, 0.3) is 0 Å². The van der Waals surface area contributed by atoms with Crippen molar-refractivity contribution in [2.75, 3.05) is 5.73 Å². The molecule has 1 saturated carbocycles. The van der Waals surface area contributed by atoms with Crippen molar-refractivity contribution in [1.82, 2.24) is 19.9 Å². The number of nitrogen functional groups attached to an aromatic ring is 1. The van der Waals surface area contributed by atoms with E-state index in [2.05, 4.69) is 37.4 Å². The van der Waals surface area contributed by atoms with Crippen LogP contribution in [0.3, 0.4) is 0 Å². The summed E-state index contributed by atoms with van der Waals surface area (Å²) in [6.45, 7) is 6.98. The van der Waals surface area contributed by atoms with Crippen molar-refractivity contribution in [2.24, 2.45) is 5.92 Å². The second-order valence-corrected chi connectivity index (χ2v) is 7.03. The lowest BCUT2D eigenvalue weighted by Gasteiger charge is -2.08. The van der Waals surface area contributed by atoms with Crippen LogP contribution in [0.1, 0.15) is 30.1 Å². The van der Waals surface area contributed by atoms with E-state index in [9.17, 15) is 0 Å². The summed E-state index contributed by atoms with van der Waals surface area (Å²) in [5.41, 5.74) is 12.0. The van der Waals surface area contributed by atoms with E-state index in [1.807, 2.05) is 19.9 Å². The number of anilines is 1. The molecule has 2 N–H and O–H groups in total. The predicted octanol–water partition coefficient (Wildman–Crippen LogP) is 4.28. The van der Waals surface area contributed by atoms with Gasteiger partial charge >= 0.3 is 0 Å². The van der Waals surface area contributed by atoms with Crippen LogP contribution >= 0.6 is 0 Å². The number of nitrogens with zero attached hydrogens (tertiary/aromatic N) is 4. The molecule has 27 heavy (non-hydrogen) atoms. The number of hydrogen-bond donors (Lipinski definition) is 1. The smallest absolute Gasteiger partial charge is 0.141 e. The van der Waals surface area contributed by atoms with Crippen LogP contribution in [0, 0.1) is 26.7 Å². The topological polar surface area (TPSA) is 95.9 Å². The number of imidazole rings is 1. The number of fused-ring (bicyclic) bond motifs is 1. The number of rotatable bonds is 3. The summed E-state index contributed by atoms with van der Waals surface area (Å²) < 4.78 is 11.9. The molecule has 0 aliphatic heterocycles. The fourth-order valence-corrected chi connectivity index (χ4v) is 3.37. The Balaban J connectivity index is 0.000000314. The first kappa shape index (κ1) is 17.3. The van der Waals surface area contributed by atoms with Gasteiger partial charge in [0, 0.05) is 12.1 Å². The van der Waals surface area contributed by atoms with Crippen LogP contribution in [0.5, 0.6) is 0 Å². The minimum absolute atomic E-state index is 0.713. The molecular formula is C20H23N5O2. The average Bonchev–Trinajstić information content (AvgIpc) is 3.01. The molecule has 0 atom stereocenters. The highest BCUT2D eigenvalue weighted by Crippen LogP contribution is 2.36. The molecule has 140 valence electrons. The van der Waals surface area contributed by atoms with E-state index >= 15 is 0 Å². The standard InChI is InChI=1S/C17H20N4O.C3H3NO/c1-9-16(10(2)22-20-9)13-6-14(18)17-15(7-13)21(11(3)19-17)8-12-4-5-12;1-2-4-5-3-1/h6-7,12H,4-5,8,18H2,1-3H3;1-3H. The maximum atomic E-state index is 6.27. The van der Waals surface area contributed by atoms with Crippen LogP contribution in [0.15, 0.2) is 39.7 Å². The largest absolute Gasteiger partial charge is 0.397 e. The monoisotopic (exact) mass is 365 g/mol. The Kier molecular flexibility index (Phi) is 4.43. The van der Waals surface area contributed by atoms with E-state index in [1.165, 1.54) is 19.1 Å². The molecule has 7 nitrogen and oxygen atoms in total. The van der Waals surface area contributed by atoms with Crippen LogP contribution in [-0.4, -0.2) is 19.9 Å². The summed E-state index contributed by atoms with van der Waals surface area (Å²) in [4.78, 5) is 4.66. The molecule has 5 rings (SSSR count). The molecule has 3 heterocycles. The van der Waals surface area contributed by atoms with Crippen LogP contribution in [-0.2, 0) is 6.54 Å². The van der Waals surface area contributed by atoms with Crippen molar-refractivity contribution in [1.29, 1.82) is 0 Å². The molecule has 4 aromatic rings. The van der Waals surface area contributed by atoms with Crippen LogP contribution in [0.2, 0.25) is 0 Å². The van der Waals surface area contributed by atoms with E-state index in [4.69, 9.17) is 10.3 Å². The third kappa shape index (κ3) is 3.45. The van der Waals surface area contributed by atoms with Gasteiger partial charge in [0.1, 0.15) is 23.4 Å². The summed E-state index contributed by atoms with van der Waals surface area (Å²) in [6, 6.07) is 5.86. The molecule has 1 aliphatic rings. The quantitative estimate of drug-likeness (QED) is 0.544. The van der Waals surface area contributed by atoms with Gasteiger partial charge in [-0.1, -0.05) is 10.3 Å². The van der Waals surface area contributed by atoms with Gasteiger partial charge < -0.3 is 19.3 Å². The fourth-order valence-electron chi connectivity index (χ4n) is 3.37. The van der Waals surface area contributed by atoms with E-state index in [0.29, 0.717) is 5.69 Å². The fraction of sp³-hybridized carbons (Fsp3) is 0.350. The van der Waals surface area contributed by atoms with Gasteiger partial charge in [0.05, 0.1) is 23.1 Å². The van der Waals surface area contributed by atoms with E-state index in [-0.39, 0.29) is 0 Å². The number of hydrogen-bond acceptors (Lipinski definition) is 6. The lowest BCUT2D eigenvalue weighted by molar-refractivity contribution is 0.393. The Hall–Kier alpha value is -3.09. The third-order valence-corrected chi connectivity index (χ3v) is 4.88.